The monoisotopic (exact) mass is 654 g/mol. The number of fused-ring (bicyclic) bond motifs is 1. The number of aliphatic hydroxyl groups excluding tert-OH is 6. The van der Waals surface area contributed by atoms with Crippen LogP contribution < -0.4 is 19.6 Å². The molecule has 10 atom stereocenters. The fraction of sp³-hybridized carbons (Fsp3) is 0.483. The van der Waals surface area contributed by atoms with E-state index in [9.17, 15) is 50.8 Å². The first kappa shape index (κ1) is 33.5. The van der Waals surface area contributed by atoms with Gasteiger partial charge in [-0.3, -0.25) is 4.79 Å². The molecule has 0 bridgehead atoms. The molecule has 2 aliphatic rings. The summed E-state index contributed by atoms with van der Waals surface area (Å²) in [4.78, 5) is 14.0. The minimum Gasteiger partial charge on any atom is -0.508 e. The molecule has 3 heterocycles. The van der Waals surface area contributed by atoms with Crippen molar-refractivity contribution in [3.05, 3.63) is 34.5 Å². The summed E-state index contributed by atoms with van der Waals surface area (Å²) in [5.41, 5.74) is -1.31. The number of ether oxygens (including phenoxy) is 6. The van der Waals surface area contributed by atoms with E-state index in [2.05, 4.69) is 0 Å². The second-order valence-electron chi connectivity index (χ2n) is 10.8. The molecule has 0 radical (unpaired) electrons. The zero-order chi connectivity index (χ0) is 33.6. The number of methoxy groups -OCH3 is 2. The summed E-state index contributed by atoms with van der Waals surface area (Å²) in [6.07, 6.45) is -16.7. The first-order valence-electron chi connectivity index (χ1n) is 13.9. The van der Waals surface area contributed by atoms with E-state index in [4.69, 9.17) is 32.8 Å². The summed E-state index contributed by atoms with van der Waals surface area (Å²) < 4.78 is 39.1. The van der Waals surface area contributed by atoms with Crippen LogP contribution in [0.5, 0.6) is 34.5 Å². The zero-order valence-corrected chi connectivity index (χ0v) is 24.6. The maximum Gasteiger partial charge on any atom is 0.239 e. The van der Waals surface area contributed by atoms with E-state index in [-0.39, 0.29) is 28.4 Å². The van der Waals surface area contributed by atoms with Crippen molar-refractivity contribution in [1.29, 1.82) is 0 Å². The molecule has 2 fully saturated rings. The summed E-state index contributed by atoms with van der Waals surface area (Å²) in [5.74, 6) is -2.84. The Bertz CT molecular complexity index is 1600. The number of phenolic OH excluding ortho intramolecular Hbond substituents is 3. The third-order valence-corrected chi connectivity index (χ3v) is 7.82. The Morgan fingerprint density at radius 1 is 0.804 bits per heavy atom. The summed E-state index contributed by atoms with van der Waals surface area (Å²) in [5, 5.41) is 93.0. The maximum atomic E-state index is 14.0. The Balaban J connectivity index is 1.66. The largest absolute Gasteiger partial charge is 0.508 e. The van der Waals surface area contributed by atoms with Crippen LogP contribution in [0.1, 0.15) is 6.92 Å². The van der Waals surface area contributed by atoms with Gasteiger partial charge in [0.05, 0.1) is 26.9 Å². The van der Waals surface area contributed by atoms with Crippen LogP contribution in [0.3, 0.4) is 0 Å². The van der Waals surface area contributed by atoms with Crippen molar-refractivity contribution in [2.24, 2.45) is 0 Å². The van der Waals surface area contributed by atoms with Crippen molar-refractivity contribution >= 4 is 11.0 Å². The van der Waals surface area contributed by atoms with Crippen LogP contribution in [-0.2, 0) is 14.2 Å². The van der Waals surface area contributed by atoms with Crippen molar-refractivity contribution in [3.8, 4) is 45.8 Å². The lowest BCUT2D eigenvalue weighted by Gasteiger charge is -2.45. The molecule has 17 heteroatoms. The predicted molar refractivity (Wildman–Crippen MR) is 152 cm³/mol. The third-order valence-electron chi connectivity index (χ3n) is 7.82. The van der Waals surface area contributed by atoms with Gasteiger partial charge in [-0.1, -0.05) is 0 Å². The minimum atomic E-state index is -1.92. The normalized spacial score (nSPS) is 31.5. The molecule has 46 heavy (non-hydrogen) atoms. The highest BCUT2D eigenvalue weighted by atomic mass is 16.8. The average Bonchev–Trinajstić information content (AvgIpc) is 3.02. The first-order valence-corrected chi connectivity index (χ1v) is 13.9. The molecule has 0 spiro atoms. The van der Waals surface area contributed by atoms with Gasteiger partial charge in [-0.25, -0.2) is 0 Å². The van der Waals surface area contributed by atoms with Gasteiger partial charge in [0.25, 0.3) is 0 Å². The Hall–Kier alpha value is -3.91. The maximum absolute atomic E-state index is 14.0. The van der Waals surface area contributed by atoms with Crippen molar-refractivity contribution < 1.29 is 78.8 Å². The van der Waals surface area contributed by atoms with Crippen LogP contribution in [0.25, 0.3) is 22.3 Å². The van der Waals surface area contributed by atoms with E-state index in [1.807, 2.05) is 0 Å². The predicted octanol–water partition coefficient (Wildman–Crippen LogP) is -1.38. The van der Waals surface area contributed by atoms with Crippen LogP contribution in [0, 0.1) is 0 Å². The number of benzene rings is 2. The molecule has 2 aromatic carbocycles. The second kappa shape index (κ2) is 13.1. The fourth-order valence-electron chi connectivity index (χ4n) is 5.28. The Morgan fingerprint density at radius 3 is 2.07 bits per heavy atom. The molecule has 5 rings (SSSR count). The second-order valence-corrected chi connectivity index (χ2v) is 10.8. The average molecular weight is 655 g/mol. The van der Waals surface area contributed by atoms with E-state index in [1.54, 1.807) is 0 Å². The number of aromatic hydroxyl groups is 3. The molecule has 0 aliphatic carbocycles. The van der Waals surface area contributed by atoms with Crippen LogP contribution >= 0.6 is 0 Å². The van der Waals surface area contributed by atoms with Gasteiger partial charge < -0.3 is 78.8 Å². The number of aliphatic hydroxyl groups is 6. The number of phenols is 3. The standard InChI is InChI=1S/C29H34O17/c1-9-18(33)22(37)24(39)28(42-9)46-27-23(38)20(35)16(8-30)44-29(27)45-26-21(36)17-12(32)6-11(31)7-13(17)43-25(26)10-4-14(40-2)19(34)15(5-10)41-3/h4-7,9,16,18,20,22-24,27-35,37-39H,8H2,1-3H3/t9-,16+,18-,20+,22+,23-,24+,27+,28-,29-/m0/s1. The van der Waals surface area contributed by atoms with Gasteiger partial charge in [0.1, 0.15) is 59.1 Å². The SMILES string of the molecule is COc1cc(-c2oc3cc(O)cc(O)c3c(=O)c2O[C@@H]2O[C@H](CO)[C@@H](O)[C@H](O)[C@H]2O[C@@H]2O[C@@H](C)[C@H](O)[C@@H](O)[C@H]2O)cc(OC)c1O. The van der Waals surface area contributed by atoms with Crippen molar-refractivity contribution in [2.45, 2.75) is 68.3 Å². The van der Waals surface area contributed by atoms with Crippen molar-refractivity contribution in [3.63, 3.8) is 0 Å². The molecular formula is C29H34O17. The van der Waals surface area contributed by atoms with Crippen LogP contribution in [0.4, 0.5) is 0 Å². The molecule has 2 aliphatic heterocycles. The number of hydrogen-bond donors (Lipinski definition) is 9. The van der Waals surface area contributed by atoms with E-state index in [0.717, 1.165) is 12.1 Å². The molecule has 252 valence electrons. The molecule has 3 aromatic rings. The summed E-state index contributed by atoms with van der Waals surface area (Å²) >= 11 is 0. The lowest BCUT2D eigenvalue weighted by atomic mass is 9.97. The molecule has 0 amide bonds. The molecule has 17 nitrogen and oxygen atoms in total. The lowest BCUT2D eigenvalue weighted by Crippen LogP contribution is -2.64. The van der Waals surface area contributed by atoms with E-state index in [0.29, 0.717) is 0 Å². The van der Waals surface area contributed by atoms with Gasteiger partial charge in [-0.15, -0.1) is 0 Å². The van der Waals surface area contributed by atoms with Gasteiger partial charge in [-0.05, 0) is 19.1 Å². The van der Waals surface area contributed by atoms with Gasteiger partial charge in [-0.2, -0.15) is 0 Å². The molecule has 2 saturated heterocycles. The van der Waals surface area contributed by atoms with Crippen molar-refractivity contribution in [1.82, 2.24) is 0 Å². The Labute approximate surface area is 259 Å². The quantitative estimate of drug-likeness (QED) is 0.135. The minimum absolute atomic E-state index is 0.00729. The van der Waals surface area contributed by atoms with E-state index < -0.39 is 102 Å². The third kappa shape index (κ3) is 5.88. The smallest absolute Gasteiger partial charge is 0.239 e. The van der Waals surface area contributed by atoms with Crippen LogP contribution in [-0.4, -0.2) is 128 Å². The molecule has 9 N–H and O–H groups in total. The summed E-state index contributed by atoms with van der Waals surface area (Å²) in [6, 6.07) is 4.43. The molecule has 1 aromatic heterocycles. The summed E-state index contributed by atoms with van der Waals surface area (Å²) in [7, 11) is 2.50. The Morgan fingerprint density at radius 2 is 1.46 bits per heavy atom. The van der Waals surface area contributed by atoms with Crippen LogP contribution in [0.15, 0.2) is 33.5 Å². The zero-order valence-electron chi connectivity index (χ0n) is 24.6. The molecule has 0 unspecified atom stereocenters. The van der Waals surface area contributed by atoms with E-state index in [1.165, 1.54) is 33.3 Å². The van der Waals surface area contributed by atoms with Gasteiger partial charge in [0.2, 0.25) is 23.2 Å². The summed E-state index contributed by atoms with van der Waals surface area (Å²) in [6.45, 7) is 0.548. The van der Waals surface area contributed by atoms with E-state index >= 15 is 0 Å². The van der Waals surface area contributed by atoms with Gasteiger partial charge >= 0.3 is 0 Å². The van der Waals surface area contributed by atoms with Crippen LogP contribution in [0.2, 0.25) is 0 Å². The number of rotatable bonds is 8. The lowest BCUT2D eigenvalue weighted by molar-refractivity contribution is -0.354. The molecular weight excluding hydrogens is 620 g/mol. The van der Waals surface area contributed by atoms with Gasteiger partial charge in [0, 0.05) is 17.7 Å². The van der Waals surface area contributed by atoms with Gasteiger partial charge in [0.15, 0.2) is 29.7 Å². The highest BCUT2D eigenvalue weighted by molar-refractivity contribution is 5.88. The fourth-order valence-corrected chi connectivity index (χ4v) is 5.28. The number of hydrogen-bond acceptors (Lipinski definition) is 17. The Kier molecular flexibility index (Phi) is 9.50. The molecule has 0 saturated carbocycles. The topological polar surface area (TPSA) is 268 Å². The first-order chi connectivity index (χ1) is 21.8. The van der Waals surface area contributed by atoms with Crippen molar-refractivity contribution in [2.75, 3.05) is 20.8 Å². The highest BCUT2D eigenvalue weighted by Gasteiger charge is 2.51. The highest BCUT2D eigenvalue weighted by Crippen LogP contribution is 2.44.